The normalized spacial score (nSPS) is 16.0. The standard InChI is InChI=1S/C21H19FN2O4S/c1-2-4-12-5-3-6-15-20(12)28-16(10-19(25)26)21(27)24(15)11-18-23-14-9-13(22)7-8-17(14)29-18/h3,5-9,16H,2,4,10-11H2,1H3,(H,25,26). The van der Waals surface area contributed by atoms with E-state index in [9.17, 15) is 19.1 Å². The van der Waals surface area contributed by atoms with Crippen LogP contribution in [0.15, 0.2) is 36.4 Å². The van der Waals surface area contributed by atoms with E-state index >= 15 is 0 Å². The molecule has 0 saturated carbocycles. The number of aryl methyl sites for hydroxylation is 1. The first-order valence-corrected chi connectivity index (χ1v) is 10.1. The molecule has 0 saturated heterocycles. The summed E-state index contributed by atoms with van der Waals surface area (Å²) in [6.45, 7) is 2.21. The van der Waals surface area contributed by atoms with Crippen molar-refractivity contribution in [3.05, 3.63) is 52.8 Å². The first-order valence-electron chi connectivity index (χ1n) is 9.33. The summed E-state index contributed by atoms with van der Waals surface area (Å²) in [5, 5.41) is 9.85. The lowest BCUT2D eigenvalue weighted by Crippen LogP contribution is -2.46. The van der Waals surface area contributed by atoms with E-state index in [1.165, 1.54) is 28.4 Å². The maximum atomic E-state index is 13.5. The lowest BCUT2D eigenvalue weighted by Gasteiger charge is -2.34. The number of carbonyl (C=O) groups is 2. The Morgan fingerprint density at radius 2 is 2.17 bits per heavy atom. The number of fused-ring (bicyclic) bond motifs is 2. The third-order valence-corrected chi connectivity index (χ3v) is 5.76. The molecule has 1 unspecified atom stereocenters. The molecule has 0 spiro atoms. The van der Waals surface area contributed by atoms with Crippen LogP contribution in [-0.2, 0) is 22.6 Å². The number of thiazole rings is 1. The number of para-hydroxylation sites is 1. The fraction of sp³-hybridized carbons (Fsp3) is 0.286. The molecule has 1 aliphatic rings. The molecule has 150 valence electrons. The molecule has 3 aromatic rings. The highest BCUT2D eigenvalue weighted by atomic mass is 32.1. The Hall–Kier alpha value is -3.00. The molecule has 1 aromatic heterocycles. The molecule has 8 heteroatoms. The van der Waals surface area contributed by atoms with Gasteiger partial charge in [0, 0.05) is 6.07 Å². The predicted octanol–water partition coefficient (Wildman–Crippen LogP) is 4.16. The number of halogens is 1. The number of nitrogens with zero attached hydrogens (tertiary/aromatic N) is 2. The maximum Gasteiger partial charge on any atom is 0.307 e. The van der Waals surface area contributed by atoms with Crippen LogP contribution in [0.2, 0.25) is 0 Å². The molecular weight excluding hydrogens is 395 g/mol. The average Bonchev–Trinajstić information content (AvgIpc) is 3.07. The second-order valence-corrected chi connectivity index (χ2v) is 7.98. The summed E-state index contributed by atoms with van der Waals surface area (Å²) in [6.07, 6.45) is 0.136. The minimum Gasteiger partial charge on any atom is -0.481 e. The SMILES string of the molecule is CCCc1cccc2c1OC(CC(=O)O)C(=O)N2Cc1nc2cc(F)ccc2s1. The highest BCUT2D eigenvalue weighted by molar-refractivity contribution is 7.18. The highest BCUT2D eigenvalue weighted by Gasteiger charge is 2.37. The molecule has 1 N–H and O–H groups in total. The van der Waals surface area contributed by atoms with E-state index in [1.54, 1.807) is 12.1 Å². The topological polar surface area (TPSA) is 79.7 Å². The van der Waals surface area contributed by atoms with E-state index in [0.29, 0.717) is 22.0 Å². The van der Waals surface area contributed by atoms with E-state index in [1.807, 2.05) is 19.1 Å². The van der Waals surface area contributed by atoms with Crippen LogP contribution in [0.4, 0.5) is 10.1 Å². The van der Waals surface area contributed by atoms with Crippen LogP contribution < -0.4 is 9.64 Å². The zero-order valence-corrected chi connectivity index (χ0v) is 16.5. The fourth-order valence-electron chi connectivity index (χ4n) is 3.47. The molecule has 29 heavy (non-hydrogen) atoms. The number of benzene rings is 2. The largest absolute Gasteiger partial charge is 0.481 e. The number of carbonyl (C=O) groups excluding carboxylic acids is 1. The van der Waals surface area contributed by atoms with Crippen LogP contribution in [0.25, 0.3) is 10.2 Å². The number of anilines is 1. The number of aliphatic carboxylic acids is 1. The number of hydrogen-bond acceptors (Lipinski definition) is 5. The molecule has 0 fully saturated rings. The first kappa shape index (κ1) is 19.3. The summed E-state index contributed by atoms with van der Waals surface area (Å²) in [5.41, 5.74) is 2.07. The Balaban J connectivity index is 1.74. The maximum absolute atomic E-state index is 13.5. The lowest BCUT2D eigenvalue weighted by molar-refractivity contribution is -0.142. The highest BCUT2D eigenvalue weighted by Crippen LogP contribution is 2.39. The number of amides is 1. The molecule has 0 aliphatic carbocycles. The zero-order chi connectivity index (χ0) is 20.5. The van der Waals surface area contributed by atoms with Crippen molar-refractivity contribution >= 4 is 39.1 Å². The lowest BCUT2D eigenvalue weighted by atomic mass is 10.0. The Kier molecular flexibility index (Phi) is 5.19. The van der Waals surface area contributed by atoms with Crippen LogP contribution in [0.3, 0.4) is 0 Å². The van der Waals surface area contributed by atoms with Gasteiger partial charge in [-0.15, -0.1) is 11.3 Å². The van der Waals surface area contributed by atoms with Gasteiger partial charge in [0.05, 0.1) is 28.9 Å². The van der Waals surface area contributed by atoms with Gasteiger partial charge in [0.2, 0.25) is 0 Å². The van der Waals surface area contributed by atoms with Gasteiger partial charge in [-0.05, 0) is 30.2 Å². The second kappa shape index (κ2) is 7.79. The molecule has 0 radical (unpaired) electrons. The third-order valence-electron chi connectivity index (χ3n) is 4.73. The van der Waals surface area contributed by atoms with Gasteiger partial charge in [-0.25, -0.2) is 9.37 Å². The number of carboxylic acid groups (broad SMARTS) is 1. The Labute approximate surface area is 170 Å². The third kappa shape index (κ3) is 3.80. The van der Waals surface area contributed by atoms with Gasteiger partial charge in [0.15, 0.2) is 6.10 Å². The minimum absolute atomic E-state index is 0.169. The van der Waals surface area contributed by atoms with Gasteiger partial charge in [0.1, 0.15) is 16.6 Å². The van der Waals surface area contributed by atoms with Crippen molar-refractivity contribution in [1.29, 1.82) is 0 Å². The summed E-state index contributed by atoms with van der Waals surface area (Å²) in [6, 6.07) is 9.97. The number of hydrogen-bond donors (Lipinski definition) is 1. The molecule has 0 bridgehead atoms. The first-order chi connectivity index (χ1) is 14.0. The number of aromatic nitrogens is 1. The second-order valence-electron chi connectivity index (χ2n) is 6.86. The molecule has 1 atom stereocenters. The monoisotopic (exact) mass is 414 g/mol. The van der Waals surface area contributed by atoms with Crippen LogP contribution in [0, 0.1) is 5.82 Å². The molecule has 6 nitrogen and oxygen atoms in total. The van der Waals surface area contributed by atoms with Crippen LogP contribution >= 0.6 is 11.3 Å². The molecule has 1 amide bonds. The minimum atomic E-state index is -1.10. The van der Waals surface area contributed by atoms with Gasteiger partial charge in [0.25, 0.3) is 5.91 Å². The van der Waals surface area contributed by atoms with E-state index in [0.717, 1.165) is 23.1 Å². The summed E-state index contributed by atoms with van der Waals surface area (Å²) in [5.74, 6) is -1.34. The summed E-state index contributed by atoms with van der Waals surface area (Å²) in [4.78, 5) is 30.2. The van der Waals surface area contributed by atoms with Gasteiger partial charge in [-0.3, -0.25) is 14.5 Å². The smallest absolute Gasteiger partial charge is 0.307 e. The summed E-state index contributed by atoms with van der Waals surface area (Å²) >= 11 is 1.38. The van der Waals surface area contributed by atoms with E-state index in [-0.39, 0.29) is 12.4 Å². The van der Waals surface area contributed by atoms with E-state index in [2.05, 4.69) is 4.98 Å². The van der Waals surface area contributed by atoms with Gasteiger partial charge >= 0.3 is 5.97 Å². The molecule has 1 aliphatic heterocycles. The zero-order valence-electron chi connectivity index (χ0n) is 15.7. The predicted molar refractivity (Wildman–Crippen MR) is 108 cm³/mol. The molecule has 2 heterocycles. The summed E-state index contributed by atoms with van der Waals surface area (Å²) in [7, 11) is 0. The summed E-state index contributed by atoms with van der Waals surface area (Å²) < 4.78 is 20.1. The fourth-order valence-corrected chi connectivity index (χ4v) is 4.41. The van der Waals surface area contributed by atoms with Gasteiger partial charge < -0.3 is 9.84 Å². The van der Waals surface area contributed by atoms with Crippen LogP contribution in [0.1, 0.15) is 30.3 Å². The van der Waals surface area contributed by atoms with Crippen molar-refractivity contribution in [2.24, 2.45) is 0 Å². The van der Waals surface area contributed by atoms with Crippen LogP contribution in [-0.4, -0.2) is 28.1 Å². The van der Waals surface area contributed by atoms with Crippen molar-refractivity contribution < 1.29 is 23.8 Å². The van der Waals surface area contributed by atoms with Crippen molar-refractivity contribution in [3.8, 4) is 5.75 Å². The number of ether oxygens (including phenoxy) is 1. The van der Waals surface area contributed by atoms with Crippen molar-refractivity contribution in [2.45, 2.75) is 38.8 Å². The average molecular weight is 414 g/mol. The van der Waals surface area contributed by atoms with Crippen LogP contribution in [0.5, 0.6) is 5.75 Å². The van der Waals surface area contributed by atoms with Gasteiger partial charge in [-0.2, -0.15) is 0 Å². The van der Waals surface area contributed by atoms with Crippen molar-refractivity contribution in [1.82, 2.24) is 4.98 Å². The van der Waals surface area contributed by atoms with Crippen molar-refractivity contribution in [3.63, 3.8) is 0 Å². The Morgan fingerprint density at radius 3 is 2.93 bits per heavy atom. The molecule has 2 aromatic carbocycles. The molecule has 4 rings (SSSR count). The van der Waals surface area contributed by atoms with E-state index in [4.69, 9.17) is 4.74 Å². The number of rotatable bonds is 6. The van der Waals surface area contributed by atoms with Gasteiger partial charge in [-0.1, -0.05) is 25.5 Å². The number of carboxylic acids is 1. The van der Waals surface area contributed by atoms with Crippen molar-refractivity contribution in [2.75, 3.05) is 4.90 Å². The van der Waals surface area contributed by atoms with E-state index < -0.39 is 24.4 Å². The Bertz CT molecular complexity index is 1100. The molecular formula is C21H19FN2O4S. The quantitative estimate of drug-likeness (QED) is 0.655. The Morgan fingerprint density at radius 1 is 1.34 bits per heavy atom.